The molecule has 0 saturated heterocycles. The largest absolute Gasteiger partial charge is 0.396 e. The monoisotopic (exact) mass is 280 g/mol. The highest BCUT2D eigenvalue weighted by Gasteiger charge is 2.41. The first-order valence-electron chi connectivity index (χ1n) is 7.49. The van der Waals surface area contributed by atoms with Gasteiger partial charge in [-0.15, -0.1) is 0 Å². The predicted molar refractivity (Wildman–Crippen MR) is 80.4 cm³/mol. The molecule has 2 rings (SSSR count). The van der Waals surface area contributed by atoms with E-state index in [4.69, 9.17) is 0 Å². The standard InChI is InChI=1S/C16H25FN2O/c1-3-19(4-2)15-6-5-13(9-14(15)17)10-18-11-16(12-20)7-8-16/h5-6,9,18,20H,3-4,7-8,10-12H2,1-2H3. The molecule has 1 saturated carbocycles. The Labute approximate surface area is 120 Å². The molecule has 0 spiro atoms. The highest BCUT2D eigenvalue weighted by Crippen LogP contribution is 2.44. The summed E-state index contributed by atoms with van der Waals surface area (Å²) in [4.78, 5) is 2.01. The summed E-state index contributed by atoms with van der Waals surface area (Å²) < 4.78 is 14.1. The second-order valence-corrected chi connectivity index (χ2v) is 5.72. The Bertz CT molecular complexity index is 442. The van der Waals surface area contributed by atoms with Crippen molar-refractivity contribution in [3.63, 3.8) is 0 Å². The Morgan fingerprint density at radius 3 is 2.50 bits per heavy atom. The first-order valence-corrected chi connectivity index (χ1v) is 7.49. The van der Waals surface area contributed by atoms with Crippen molar-refractivity contribution in [2.45, 2.75) is 33.2 Å². The zero-order chi connectivity index (χ0) is 14.6. The van der Waals surface area contributed by atoms with Gasteiger partial charge < -0.3 is 15.3 Å². The van der Waals surface area contributed by atoms with Crippen LogP contribution in [0.1, 0.15) is 32.3 Å². The lowest BCUT2D eigenvalue weighted by Gasteiger charge is -2.22. The summed E-state index contributed by atoms with van der Waals surface area (Å²) in [5.41, 5.74) is 1.72. The van der Waals surface area contributed by atoms with Gasteiger partial charge in [0, 0.05) is 38.2 Å². The summed E-state index contributed by atoms with van der Waals surface area (Å²) in [7, 11) is 0. The zero-order valence-corrected chi connectivity index (χ0v) is 12.5. The molecular formula is C16H25FN2O. The van der Waals surface area contributed by atoms with Gasteiger partial charge in [-0.3, -0.25) is 0 Å². The molecule has 0 amide bonds. The lowest BCUT2D eigenvalue weighted by atomic mass is 10.1. The summed E-state index contributed by atoms with van der Waals surface area (Å²) in [6.45, 7) is 7.38. The fourth-order valence-electron chi connectivity index (χ4n) is 2.52. The molecule has 1 aliphatic rings. The van der Waals surface area contributed by atoms with Crippen LogP contribution in [0.5, 0.6) is 0 Å². The zero-order valence-electron chi connectivity index (χ0n) is 12.5. The van der Waals surface area contributed by atoms with Gasteiger partial charge in [-0.2, -0.15) is 0 Å². The molecule has 4 heteroatoms. The number of anilines is 1. The highest BCUT2D eigenvalue weighted by molar-refractivity contribution is 5.49. The molecule has 1 aliphatic carbocycles. The Kier molecular flexibility index (Phi) is 5.00. The van der Waals surface area contributed by atoms with Crippen LogP contribution in [0.4, 0.5) is 10.1 Å². The fourth-order valence-corrected chi connectivity index (χ4v) is 2.52. The lowest BCUT2D eigenvalue weighted by Crippen LogP contribution is -2.26. The van der Waals surface area contributed by atoms with Crippen LogP contribution < -0.4 is 10.2 Å². The summed E-state index contributed by atoms with van der Waals surface area (Å²) >= 11 is 0. The van der Waals surface area contributed by atoms with Crippen LogP contribution in [0.3, 0.4) is 0 Å². The minimum atomic E-state index is -0.156. The van der Waals surface area contributed by atoms with E-state index in [0.29, 0.717) is 12.2 Å². The number of aliphatic hydroxyl groups excluding tert-OH is 1. The molecule has 112 valence electrons. The van der Waals surface area contributed by atoms with E-state index in [2.05, 4.69) is 5.32 Å². The van der Waals surface area contributed by atoms with E-state index in [0.717, 1.165) is 38.0 Å². The molecule has 0 radical (unpaired) electrons. The maximum absolute atomic E-state index is 14.1. The number of nitrogens with one attached hydrogen (secondary N) is 1. The topological polar surface area (TPSA) is 35.5 Å². The molecule has 2 N–H and O–H groups in total. The van der Waals surface area contributed by atoms with Crippen LogP contribution in [0, 0.1) is 11.2 Å². The molecule has 0 atom stereocenters. The van der Waals surface area contributed by atoms with E-state index in [1.54, 1.807) is 6.07 Å². The molecule has 1 aromatic rings. The summed E-state index contributed by atoms with van der Waals surface area (Å²) in [6.07, 6.45) is 2.18. The Balaban J connectivity index is 1.91. The van der Waals surface area contributed by atoms with Gasteiger partial charge in [0.2, 0.25) is 0 Å². The molecule has 0 aliphatic heterocycles. The van der Waals surface area contributed by atoms with E-state index in [-0.39, 0.29) is 17.8 Å². The van der Waals surface area contributed by atoms with Crippen molar-refractivity contribution in [3.8, 4) is 0 Å². The van der Waals surface area contributed by atoms with Crippen molar-refractivity contribution in [2.75, 3.05) is 31.1 Å². The van der Waals surface area contributed by atoms with Crippen LogP contribution in [0.2, 0.25) is 0 Å². The second kappa shape index (κ2) is 6.55. The number of aliphatic hydroxyl groups is 1. The van der Waals surface area contributed by atoms with Crippen LogP contribution >= 0.6 is 0 Å². The molecular weight excluding hydrogens is 255 g/mol. The first kappa shape index (κ1) is 15.3. The van der Waals surface area contributed by atoms with E-state index < -0.39 is 0 Å². The average molecular weight is 280 g/mol. The van der Waals surface area contributed by atoms with Gasteiger partial charge in [-0.05, 0) is 44.4 Å². The van der Waals surface area contributed by atoms with Gasteiger partial charge >= 0.3 is 0 Å². The first-order chi connectivity index (χ1) is 9.64. The third-order valence-electron chi connectivity index (χ3n) is 4.24. The highest BCUT2D eigenvalue weighted by atomic mass is 19.1. The SMILES string of the molecule is CCN(CC)c1ccc(CNCC2(CO)CC2)cc1F. The molecule has 1 fully saturated rings. The smallest absolute Gasteiger partial charge is 0.146 e. The minimum absolute atomic E-state index is 0.0969. The lowest BCUT2D eigenvalue weighted by molar-refractivity contribution is 0.207. The number of benzene rings is 1. The maximum Gasteiger partial charge on any atom is 0.146 e. The van der Waals surface area contributed by atoms with E-state index in [1.807, 2.05) is 30.9 Å². The molecule has 20 heavy (non-hydrogen) atoms. The molecule has 0 aromatic heterocycles. The summed E-state index contributed by atoms with van der Waals surface area (Å²) in [6, 6.07) is 5.44. The van der Waals surface area contributed by atoms with E-state index in [9.17, 15) is 9.50 Å². The van der Waals surface area contributed by atoms with Crippen molar-refractivity contribution in [1.29, 1.82) is 0 Å². The van der Waals surface area contributed by atoms with Gasteiger partial charge in [0.1, 0.15) is 5.82 Å². The summed E-state index contributed by atoms with van der Waals surface area (Å²) in [5, 5.41) is 12.6. The van der Waals surface area contributed by atoms with Crippen molar-refractivity contribution < 1.29 is 9.50 Å². The quantitative estimate of drug-likeness (QED) is 0.768. The van der Waals surface area contributed by atoms with Gasteiger partial charge in [0.15, 0.2) is 0 Å². The van der Waals surface area contributed by atoms with Gasteiger partial charge in [-0.25, -0.2) is 4.39 Å². The number of rotatable bonds is 8. The number of nitrogens with zero attached hydrogens (tertiary/aromatic N) is 1. The van der Waals surface area contributed by atoms with Gasteiger partial charge in [0.25, 0.3) is 0 Å². The van der Waals surface area contributed by atoms with Crippen LogP contribution in [-0.2, 0) is 6.54 Å². The average Bonchev–Trinajstić information content (AvgIpc) is 3.23. The van der Waals surface area contributed by atoms with Crippen LogP contribution in [-0.4, -0.2) is 31.3 Å². The molecule has 0 bridgehead atoms. The molecule has 1 aromatic carbocycles. The van der Waals surface area contributed by atoms with Crippen molar-refractivity contribution in [1.82, 2.24) is 5.32 Å². The fraction of sp³-hybridized carbons (Fsp3) is 0.625. The van der Waals surface area contributed by atoms with Crippen molar-refractivity contribution in [3.05, 3.63) is 29.6 Å². The van der Waals surface area contributed by atoms with Crippen LogP contribution in [0.15, 0.2) is 18.2 Å². The third kappa shape index (κ3) is 3.49. The molecule has 0 unspecified atom stereocenters. The van der Waals surface area contributed by atoms with Crippen LogP contribution in [0.25, 0.3) is 0 Å². The predicted octanol–water partition coefficient (Wildman–Crippen LogP) is 2.53. The minimum Gasteiger partial charge on any atom is -0.396 e. The number of hydrogen-bond acceptors (Lipinski definition) is 3. The summed E-state index contributed by atoms with van der Waals surface area (Å²) in [5.74, 6) is -0.156. The Morgan fingerprint density at radius 2 is 2.00 bits per heavy atom. The van der Waals surface area contributed by atoms with E-state index >= 15 is 0 Å². The number of halogens is 1. The van der Waals surface area contributed by atoms with Crippen molar-refractivity contribution >= 4 is 5.69 Å². The van der Waals surface area contributed by atoms with Crippen molar-refractivity contribution in [2.24, 2.45) is 5.41 Å². The Hall–Kier alpha value is -1.13. The normalized spacial score (nSPS) is 16.2. The maximum atomic E-state index is 14.1. The van der Waals surface area contributed by atoms with E-state index in [1.165, 1.54) is 0 Å². The molecule has 3 nitrogen and oxygen atoms in total. The van der Waals surface area contributed by atoms with Gasteiger partial charge in [0.05, 0.1) is 5.69 Å². The molecule has 0 heterocycles. The Morgan fingerprint density at radius 1 is 1.30 bits per heavy atom. The third-order valence-corrected chi connectivity index (χ3v) is 4.24. The number of hydrogen-bond donors (Lipinski definition) is 2. The van der Waals surface area contributed by atoms with Gasteiger partial charge in [-0.1, -0.05) is 6.07 Å². The second-order valence-electron chi connectivity index (χ2n) is 5.72.